The van der Waals surface area contributed by atoms with Gasteiger partial charge in [-0.25, -0.2) is 19.9 Å². The maximum atomic E-state index is 6.55. The van der Waals surface area contributed by atoms with Gasteiger partial charge in [-0.1, -0.05) is 23.2 Å². The number of benzene rings is 4. The molecule has 0 saturated carbocycles. The molecule has 2 N–H and O–H groups in total. The molecule has 4 saturated heterocycles. The molecule has 6 aliphatic heterocycles. The molecule has 0 bridgehead atoms. The number of aromatic nitrogens is 4. The first kappa shape index (κ1) is 52.0. The predicted octanol–water partition coefficient (Wildman–Crippen LogP) is 7.88. The number of hydrogen-bond acceptors (Lipinski definition) is 20. The van der Waals surface area contributed by atoms with Crippen LogP contribution in [0.2, 0.25) is 10.0 Å². The number of hydrogen-bond donors (Lipinski definition) is 2. The van der Waals surface area contributed by atoms with E-state index in [1.807, 2.05) is 24.3 Å². The third-order valence-electron chi connectivity index (χ3n) is 14.3. The van der Waals surface area contributed by atoms with Crippen LogP contribution in [-0.2, 0) is 9.47 Å². The summed E-state index contributed by atoms with van der Waals surface area (Å²) >= 11 is 13.1. The van der Waals surface area contributed by atoms with Gasteiger partial charge in [0.05, 0.1) is 58.3 Å². The van der Waals surface area contributed by atoms with E-state index in [4.69, 9.17) is 70.6 Å². The highest BCUT2D eigenvalue weighted by Gasteiger charge is 2.27. The summed E-state index contributed by atoms with van der Waals surface area (Å²) in [6.45, 7) is 14.4. The molecule has 0 spiro atoms. The minimum absolute atomic E-state index is 0.0295. The third-order valence-corrected chi connectivity index (χ3v) is 14.9. The van der Waals surface area contributed by atoms with E-state index in [1.165, 1.54) is 12.7 Å². The number of nitrogens with one attached hydrogen (secondary N) is 2. The van der Waals surface area contributed by atoms with E-state index >= 15 is 0 Å². The maximum Gasteiger partial charge on any atom is 0.231 e. The van der Waals surface area contributed by atoms with E-state index in [-0.39, 0.29) is 25.8 Å². The molecule has 0 unspecified atom stereocenters. The van der Waals surface area contributed by atoms with Gasteiger partial charge in [0, 0.05) is 115 Å². The number of halogens is 2. The zero-order valence-corrected chi connectivity index (χ0v) is 44.4. The summed E-state index contributed by atoms with van der Waals surface area (Å²) in [6.07, 6.45) is 6.36. The highest BCUT2D eigenvalue weighted by atomic mass is 35.5. The molecule has 20 nitrogen and oxygen atoms in total. The van der Waals surface area contributed by atoms with Crippen molar-refractivity contribution in [2.45, 2.75) is 37.9 Å². The molecule has 6 aromatic rings. The fourth-order valence-electron chi connectivity index (χ4n) is 9.84. The first-order chi connectivity index (χ1) is 37.3. The van der Waals surface area contributed by atoms with Crippen LogP contribution in [0.4, 0.5) is 23.0 Å². The molecule has 0 radical (unpaired) electrons. The quantitative estimate of drug-likeness (QED) is 0.0955. The fraction of sp³-hybridized carbons (Fsp3) is 0.481. The highest BCUT2D eigenvalue weighted by Crippen LogP contribution is 2.48. The van der Waals surface area contributed by atoms with E-state index < -0.39 is 0 Å². The second kappa shape index (κ2) is 24.5. The first-order valence-corrected chi connectivity index (χ1v) is 26.9. The van der Waals surface area contributed by atoms with Gasteiger partial charge >= 0.3 is 0 Å². The Morgan fingerprint density at radius 1 is 0.539 bits per heavy atom. The normalized spacial score (nSPS) is 18.6. The summed E-state index contributed by atoms with van der Waals surface area (Å²) in [4.78, 5) is 27.8. The first-order valence-electron chi connectivity index (χ1n) is 26.1. The van der Waals surface area contributed by atoms with Crippen molar-refractivity contribution in [1.29, 1.82) is 0 Å². The molecule has 8 heterocycles. The number of fused-ring (bicyclic) bond motifs is 4. The van der Waals surface area contributed by atoms with Crippen LogP contribution in [0, 0.1) is 0 Å². The van der Waals surface area contributed by atoms with Gasteiger partial charge in [0.1, 0.15) is 84.1 Å². The molecule has 2 aromatic heterocycles. The van der Waals surface area contributed by atoms with E-state index in [2.05, 4.69) is 64.3 Å². The lowest BCUT2D eigenvalue weighted by molar-refractivity contribution is 0.0258. The molecule has 4 fully saturated rings. The van der Waals surface area contributed by atoms with E-state index in [9.17, 15) is 0 Å². The summed E-state index contributed by atoms with van der Waals surface area (Å²) in [6, 6.07) is 14.9. The lowest BCUT2D eigenvalue weighted by atomic mass is 10.1. The van der Waals surface area contributed by atoms with Gasteiger partial charge in [-0.05, 0) is 38.4 Å². The predicted molar refractivity (Wildman–Crippen MR) is 289 cm³/mol. The van der Waals surface area contributed by atoms with Crippen molar-refractivity contribution in [3.63, 3.8) is 0 Å². The Labute approximate surface area is 451 Å². The van der Waals surface area contributed by atoms with Crippen LogP contribution in [0.15, 0.2) is 61.2 Å². The topological polar surface area (TPSA) is 181 Å². The molecule has 0 aliphatic carbocycles. The van der Waals surface area contributed by atoms with E-state index in [0.29, 0.717) is 130 Å². The largest absolute Gasteiger partial charge is 0.492 e. The van der Waals surface area contributed by atoms with Crippen LogP contribution in [0.5, 0.6) is 46.0 Å². The molecule has 12 rings (SSSR count). The van der Waals surface area contributed by atoms with Gasteiger partial charge in [0.25, 0.3) is 0 Å². The van der Waals surface area contributed by atoms with Gasteiger partial charge in [0.15, 0.2) is 23.0 Å². The molecule has 6 aliphatic rings. The van der Waals surface area contributed by atoms with Crippen LogP contribution >= 0.6 is 23.2 Å². The van der Waals surface area contributed by atoms with Crippen LogP contribution in [0.1, 0.15) is 25.7 Å². The van der Waals surface area contributed by atoms with E-state index in [0.717, 1.165) is 102 Å². The van der Waals surface area contributed by atoms with Crippen LogP contribution in [0.25, 0.3) is 21.8 Å². The molecular formula is C54H64Cl2N10O10. The molecule has 76 heavy (non-hydrogen) atoms. The number of piperazine rings is 2. The van der Waals surface area contributed by atoms with Crippen molar-refractivity contribution in [3.05, 3.63) is 71.2 Å². The summed E-state index contributed by atoms with van der Waals surface area (Å²) in [7, 11) is 4.32. The average molecular weight is 1080 g/mol. The van der Waals surface area contributed by atoms with Crippen molar-refractivity contribution >= 4 is 68.0 Å². The van der Waals surface area contributed by atoms with Gasteiger partial charge in [-0.2, -0.15) is 0 Å². The van der Waals surface area contributed by atoms with Crippen LogP contribution in [-0.4, -0.2) is 185 Å². The smallest absolute Gasteiger partial charge is 0.231 e. The Balaban J connectivity index is 0.000000162. The SMILES string of the molecule is CN1CCN(CCOc2cc(OC3CCOCC3)c3c(Nc4c(Cl)ccc5c4OCO5)ncnc3c2)CC1.CN1CCN(CCOc2cc(OC3CCOCC3)c3c(Nc4c(Cl)ccc5c4OCO5)ncnc3c2)CC1. The summed E-state index contributed by atoms with van der Waals surface area (Å²) in [5.74, 6) is 6.25. The van der Waals surface area contributed by atoms with E-state index in [1.54, 1.807) is 24.3 Å². The number of likely N-dealkylation sites (N-methyl/N-ethyl adjacent to an activating group) is 2. The minimum Gasteiger partial charge on any atom is -0.492 e. The van der Waals surface area contributed by atoms with Gasteiger partial charge < -0.3 is 67.8 Å². The third kappa shape index (κ3) is 12.5. The van der Waals surface area contributed by atoms with Crippen molar-refractivity contribution in [2.75, 3.05) is 143 Å². The Morgan fingerprint density at radius 2 is 0.961 bits per heavy atom. The summed E-state index contributed by atoms with van der Waals surface area (Å²) in [5.41, 5.74) is 2.60. The Morgan fingerprint density at radius 3 is 1.38 bits per heavy atom. The van der Waals surface area contributed by atoms with Crippen molar-refractivity contribution in [3.8, 4) is 46.0 Å². The Hall–Kier alpha value is -6.10. The van der Waals surface area contributed by atoms with Crippen molar-refractivity contribution in [2.24, 2.45) is 0 Å². The summed E-state index contributed by atoms with van der Waals surface area (Å²) in [5, 5.41) is 9.21. The number of anilines is 4. The van der Waals surface area contributed by atoms with Crippen molar-refractivity contribution in [1.82, 2.24) is 39.5 Å². The molecule has 0 atom stereocenters. The number of rotatable bonds is 16. The molecule has 22 heteroatoms. The van der Waals surface area contributed by atoms with Gasteiger partial charge in [-0.15, -0.1) is 0 Å². The maximum absolute atomic E-state index is 6.55. The zero-order chi connectivity index (χ0) is 51.8. The van der Waals surface area contributed by atoms with Gasteiger partial charge in [0.2, 0.25) is 13.6 Å². The molecule has 4 aromatic carbocycles. The number of nitrogens with zero attached hydrogens (tertiary/aromatic N) is 8. The fourth-order valence-corrected chi connectivity index (χ4v) is 10.2. The summed E-state index contributed by atoms with van der Waals surface area (Å²) < 4.78 is 59.0. The highest BCUT2D eigenvalue weighted by molar-refractivity contribution is 6.34. The molecule has 404 valence electrons. The monoisotopic (exact) mass is 1080 g/mol. The Bertz CT molecular complexity index is 2760. The average Bonchev–Trinajstić information content (AvgIpc) is 4.14. The van der Waals surface area contributed by atoms with Gasteiger partial charge in [-0.3, -0.25) is 9.80 Å². The Kier molecular flexibility index (Phi) is 16.7. The lowest BCUT2D eigenvalue weighted by Crippen LogP contribution is -2.45. The van der Waals surface area contributed by atoms with Crippen LogP contribution < -0.4 is 48.5 Å². The van der Waals surface area contributed by atoms with Crippen molar-refractivity contribution < 1.29 is 47.4 Å². The standard InChI is InChI=1S/2C27H32ClN5O5/c2*1-32-6-8-33(9-7-32)10-13-35-19-14-21-24(23(15-19)38-18-4-11-34-12-5-18)27(30-16-29-21)31-25-20(28)2-3-22-26(25)37-17-36-22/h2*2-3,14-16,18H,4-13,17H2,1H3,(H,29,30,31). The van der Waals surface area contributed by atoms with Crippen LogP contribution in [0.3, 0.4) is 0 Å². The second-order valence-electron chi connectivity index (χ2n) is 19.5. The second-order valence-corrected chi connectivity index (χ2v) is 20.3. The zero-order valence-electron chi connectivity index (χ0n) is 42.9. The number of ether oxygens (including phenoxy) is 10. The minimum atomic E-state index is 0.0295. The molecular weight excluding hydrogens is 1020 g/mol. The molecule has 0 amide bonds. The lowest BCUT2D eigenvalue weighted by Gasteiger charge is -2.32.